The van der Waals surface area contributed by atoms with Crippen LogP contribution in [0.1, 0.15) is 38.5 Å². The lowest BCUT2D eigenvalue weighted by Crippen LogP contribution is -2.38. The quantitative estimate of drug-likeness (QED) is 0.714. The van der Waals surface area contributed by atoms with E-state index in [4.69, 9.17) is 10.5 Å². The molecular weight excluding hydrogens is 200 g/mol. The van der Waals surface area contributed by atoms with Gasteiger partial charge in [0.2, 0.25) is 0 Å². The van der Waals surface area contributed by atoms with Gasteiger partial charge >= 0.3 is 0 Å². The lowest BCUT2D eigenvalue weighted by atomic mass is 10.1. The average molecular weight is 224 g/mol. The topological polar surface area (TPSA) is 47.3 Å². The number of rotatable bonds is 6. The minimum Gasteiger partial charge on any atom is -0.372 e. The van der Waals surface area contributed by atoms with Crippen LogP contribution in [0.4, 0.5) is 0 Å². The van der Waals surface area contributed by atoms with E-state index in [0.717, 1.165) is 30.8 Å². The first-order valence-corrected chi connectivity index (χ1v) is 6.95. The normalized spacial score (nSPS) is 34.9. The van der Waals surface area contributed by atoms with Crippen LogP contribution in [0.25, 0.3) is 0 Å². The second kappa shape index (κ2) is 4.63. The van der Waals surface area contributed by atoms with E-state index < -0.39 is 0 Å². The maximum Gasteiger partial charge on any atom is 0.0704 e. The SMILES string of the molecule is NCC1CCC(CNC(C2CC2)C2CC2)O1. The molecule has 16 heavy (non-hydrogen) atoms. The van der Waals surface area contributed by atoms with Crippen LogP contribution in [0.15, 0.2) is 0 Å². The molecule has 3 aliphatic rings. The first-order chi connectivity index (χ1) is 7.86. The molecule has 0 aromatic rings. The Morgan fingerprint density at radius 2 is 1.62 bits per heavy atom. The molecule has 2 saturated carbocycles. The van der Waals surface area contributed by atoms with Crippen LogP contribution in [-0.2, 0) is 4.74 Å². The summed E-state index contributed by atoms with van der Waals surface area (Å²) in [5.41, 5.74) is 5.62. The first kappa shape index (κ1) is 11.0. The molecule has 2 aliphatic carbocycles. The number of hydrogen-bond acceptors (Lipinski definition) is 3. The molecule has 0 aromatic heterocycles. The van der Waals surface area contributed by atoms with Crippen molar-refractivity contribution in [3.05, 3.63) is 0 Å². The van der Waals surface area contributed by atoms with Crippen molar-refractivity contribution < 1.29 is 4.74 Å². The maximum absolute atomic E-state index is 5.87. The van der Waals surface area contributed by atoms with Crippen LogP contribution in [0, 0.1) is 11.8 Å². The summed E-state index contributed by atoms with van der Waals surface area (Å²) < 4.78 is 5.87. The molecule has 0 spiro atoms. The Morgan fingerprint density at radius 1 is 1.00 bits per heavy atom. The second-order valence-corrected chi connectivity index (χ2v) is 5.80. The monoisotopic (exact) mass is 224 g/mol. The van der Waals surface area contributed by atoms with E-state index in [2.05, 4.69) is 5.32 Å². The minimum atomic E-state index is 0.326. The van der Waals surface area contributed by atoms with E-state index in [1.807, 2.05) is 0 Å². The summed E-state index contributed by atoms with van der Waals surface area (Å²) in [5.74, 6) is 1.97. The number of hydrogen-bond donors (Lipinski definition) is 2. The zero-order valence-corrected chi connectivity index (χ0v) is 10.0. The summed E-state index contributed by atoms with van der Waals surface area (Å²) in [6.07, 6.45) is 8.89. The minimum absolute atomic E-state index is 0.326. The number of ether oxygens (including phenoxy) is 1. The highest BCUT2D eigenvalue weighted by Gasteiger charge is 2.41. The van der Waals surface area contributed by atoms with Gasteiger partial charge in [-0.1, -0.05) is 0 Å². The third-order valence-corrected chi connectivity index (χ3v) is 4.30. The fourth-order valence-corrected chi connectivity index (χ4v) is 3.00. The van der Waals surface area contributed by atoms with Crippen molar-refractivity contribution in [3.8, 4) is 0 Å². The Bertz CT molecular complexity index is 226. The van der Waals surface area contributed by atoms with Crippen LogP contribution in [0.5, 0.6) is 0 Å². The summed E-state index contributed by atoms with van der Waals surface area (Å²) in [6.45, 7) is 1.74. The van der Waals surface area contributed by atoms with E-state index in [1.165, 1.54) is 32.1 Å². The molecule has 3 rings (SSSR count). The Labute approximate surface area is 98.1 Å². The Kier molecular flexibility index (Phi) is 3.18. The fraction of sp³-hybridized carbons (Fsp3) is 1.00. The first-order valence-electron chi connectivity index (χ1n) is 6.95. The zero-order valence-electron chi connectivity index (χ0n) is 10.0. The molecule has 0 aromatic carbocycles. The van der Waals surface area contributed by atoms with Crippen LogP contribution < -0.4 is 11.1 Å². The third-order valence-electron chi connectivity index (χ3n) is 4.30. The molecule has 1 saturated heterocycles. The van der Waals surface area contributed by atoms with Crippen molar-refractivity contribution in [2.75, 3.05) is 13.1 Å². The second-order valence-electron chi connectivity index (χ2n) is 5.80. The molecule has 2 atom stereocenters. The lowest BCUT2D eigenvalue weighted by Gasteiger charge is -2.20. The third kappa shape index (κ3) is 2.58. The fourth-order valence-electron chi connectivity index (χ4n) is 3.00. The van der Waals surface area contributed by atoms with Gasteiger partial charge in [0.25, 0.3) is 0 Å². The number of nitrogens with two attached hydrogens (primary N) is 1. The predicted molar refractivity (Wildman–Crippen MR) is 64.2 cm³/mol. The van der Waals surface area contributed by atoms with Gasteiger partial charge in [-0.25, -0.2) is 0 Å². The molecule has 3 fully saturated rings. The van der Waals surface area contributed by atoms with E-state index in [9.17, 15) is 0 Å². The van der Waals surface area contributed by atoms with Crippen molar-refractivity contribution >= 4 is 0 Å². The standard InChI is InChI=1S/C13H24N2O/c14-7-11-5-6-12(16-11)8-15-13(9-1-2-9)10-3-4-10/h9-13,15H,1-8,14H2. The predicted octanol–water partition coefficient (Wildman–Crippen LogP) is 1.27. The number of nitrogens with one attached hydrogen (secondary N) is 1. The molecule has 3 heteroatoms. The molecule has 3 N–H and O–H groups in total. The summed E-state index contributed by atoms with van der Waals surface area (Å²) in [6, 6.07) is 0.806. The van der Waals surface area contributed by atoms with Crippen molar-refractivity contribution in [2.24, 2.45) is 17.6 Å². The van der Waals surface area contributed by atoms with Gasteiger partial charge in [-0.05, 0) is 50.4 Å². The van der Waals surface area contributed by atoms with Crippen LogP contribution in [0.2, 0.25) is 0 Å². The van der Waals surface area contributed by atoms with Crippen LogP contribution in [0.3, 0.4) is 0 Å². The summed E-state index contributed by atoms with van der Waals surface area (Å²) in [5, 5.41) is 3.76. The van der Waals surface area contributed by atoms with Gasteiger partial charge in [0.05, 0.1) is 12.2 Å². The summed E-state index contributed by atoms with van der Waals surface area (Å²) >= 11 is 0. The van der Waals surface area contributed by atoms with E-state index in [-0.39, 0.29) is 0 Å². The molecule has 1 heterocycles. The van der Waals surface area contributed by atoms with Crippen molar-refractivity contribution in [3.63, 3.8) is 0 Å². The zero-order chi connectivity index (χ0) is 11.0. The maximum atomic E-state index is 5.87. The van der Waals surface area contributed by atoms with Crippen molar-refractivity contribution in [1.82, 2.24) is 5.32 Å². The highest BCUT2D eigenvalue weighted by atomic mass is 16.5. The molecule has 92 valence electrons. The van der Waals surface area contributed by atoms with Crippen molar-refractivity contribution in [1.29, 1.82) is 0 Å². The van der Waals surface area contributed by atoms with Gasteiger partial charge < -0.3 is 15.8 Å². The van der Waals surface area contributed by atoms with Crippen molar-refractivity contribution in [2.45, 2.75) is 56.8 Å². The summed E-state index contributed by atoms with van der Waals surface area (Å²) in [4.78, 5) is 0. The smallest absolute Gasteiger partial charge is 0.0704 e. The van der Waals surface area contributed by atoms with Gasteiger partial charge in [0, 0.05) is 19.1 Å². The van der Waals surface area contributed by atoms with Gasteiger partial charge in [0.1, 0.15) is 0 Å². The molecule has 0 bridgehead atoms. The highest BCUT2D eigenvalue weighted by molar-refractivity contribution is 4.96. The van der Waals surface area contributed by atoms with Gasteiger partial charge in [0.15, 0.2) is 0 Å². The molecule has 3 nitrogen and oxygen atoms in total. The van der Waals surface area contributed by atoms with Crippen LogP contribution in [-0.4, -0.2) is 31.3 Å². The Balaban J connectivity index is 1.41. The molecule has 2 unspecified atom stereocenters. The van der Waals surface area contributed by atoms with Gasteiger partial charge in [-0.15, -0.1) is 0 Å². The van der Waals surface area contributed by atoms with Crippen LogP contribution >= 0.6 is 0 Å². The Hall–Kier alpha value is -0.120. The molecular formula is C13H24N2O. The Morgan fingerprint density at radius 3 is 2.12 bits per heavy atom. The lowest BCUT2D eigenvalue weighted by molar-refractivity contribution is 0.0479. The van der Waals surface area contributed by atoms with Gasteiger partial charge in [-0.2, -0.15) is 0 Å². The van der Waals surface area contributed by atoms with Gasteiger partial charge in [-0.3, -0.25) is 0 Å². The molecule has 0 radical (unpaired) electrons. The highest BCUT2D eigenvalue weighted by Crippen LogP contribution is 2.44. The van der Waals surface area contributed by atoms with E-state index in [0.29, 0.717) is 18.8 Å². The molecule has 0 amide bonds. The average Bonchev–Trinajstić information content (AvgIpc) is 3.20. The largest absolute Gasteiger partial charge is 0.372 e. The summed E-state index contributed by atoms with van der Waals surface area (Å²) in [7, 11) is 0. The van der Waals surface area contributed by atoms with E-state index >= 15 is 0 Å². The van der Waals surface area contributed by atoms with E-state index in [1.54, 1.807) is 0 Å². The molecule has 1 aliphatic heterocycles.